The minimum absolute atomic E-state index is 0.0836. The van der Waals surface area contributed by atoms with Gasteiger partial charge in [-0.05, 0) is 19.4 Å². The lowest BCUT2D eigenvalue weighted by atomic mass is 10.1. The van der Waals surface area contributed by atoms with Gasteiger partial charge >= 0.3 is 0 Å². The van der Waals surface area contributed by atoms with Crippen molar-refractivity contribution in [1.82, 2.24) is 0 Å². The Balaban J connectivity index is 3.05. The largest absolute Gasteiger partial charge is 0.123 e. The highest BCUT2D eigenvalue weighted by atomic mass is 35.5. The van der Waals surface area contributed by atoms with E-state index in [-0.39, 0.29) is 8.80 Å². The van der Waals surface area contributed by atoms with Crippen LogP contribution in [0.3, 0.4) is 0 Å². The first kappa shape index (κ1) is 17.2. The van der Waals surface area contributed by atoms with Gasteiger partial charge in [0.05, 0.1) is 0 Å². The Kier molecular flexibility index (Phi) is 12.9. The summed E-state index contributed by atoms with van der Waals surface area (Å²) >= 11 is 5.91. The molecule has 0 aliphatic heterocycles. The summed E-state index contributed by atoms with van der Waals surface area (Å²) in [5.74, 6) is 0. The second kappa shape index (κ2) is 12.7. The molecule has 17 heavy (non-hydrogen) atoms. The van der Waals surface area contributed by atoms with Gasteiger partial charge in [0.2, 0.25) is 0 Å². The molecule has 1 atom stereocenters. The topological polar surface area (TPSA) is 0 Å². The van der Waals surface area contributed by atoms with E-state index in [2.05, 4.69) is 26.1 Å². The Morgan fingerprint density at radius 3 is 2.12 bits per heavy atom. The minimum atomic E-state index is -0.0836. The highest BCUT2D eigenvalue weighted by Gasteiger charge is 2.01. The Morgan fingerprint density at radius 2 is 1.59 bits per heavy atom. The summed E-state index contributed by atoms with van der Waals surface area (Å²) < 4.78 is 0. The van der Waals surface area contributed by atoms with Crippen molar-refractivity contribution in [3.05, 3.63) is 12.7 Å². The van der Waals surface area contributed by atoms with Crippen molar-refractivity contribution in [2.45, 2.75) is 82.3 Å². The quantitative estimate of drug-likeness (QED) is 0.176. The summed E-state index contributed by atoms with van der Waals surface area (Å²) in [6, 6.07) is 2.75. The van der Waals surface area contributed by atoms with Gasteiger partial charge in [0.1, 0.15) is 0 Å². The Labute approximate surface area is 115 Å². The normalized spacial score (nSPS) is 12.9. The lowest BCUT2D eigenvalue weighted by Gasteiger charge is -2.06. The lowest BCUT2D eigenvalue weighted by Crippen LogP contribution is -2.03. The molecule has 0 aromatic heterocycles. The predicted octanol–water partition coefficient (Wildman–Crippen LogP) is 6.05. The van der Waals surface area contributed by atoms with Gasteiger partial charge in [-0.3, -0.25) is 0 Å². The summed E-state index contributed by atoms with van der Waals surface area (Å²) in [5, 5.41) is 0.366. The Morgan fingerprint density at radius 1 is 1.06 bits per heavy atom. The van der Waals surface area contributed by atoms with Crippen LogP contribution < -0.4 is 0 Å². The molecule has 0 aliphatic carbocycles. The maximum Gasteiger partial charge on any atom is 0.0485 e. The van der Waals surface area contributed by atoms with Crippen LogP contribution in [-0.4, -0.2) is 14.2 Å². The third kappa shape index (κ3) is 14.2. The van der Waals surface area contributed by atoms with Gasteiger partial charge in [0.15, 0.2) is 0 Å². The first-order valence-corrected chi connectivity index (χ1v) is 10.1. The number of halogens is 1. The molecule has 0 aromatic rings. The average molecular weight is 274 g/mol. The number of hydrogen-bond donors (Lipinski definition) is 0. The molecular weight excluding hydrogens is 244 g/mol. The van der Waals surface area contributed by atoms with Crippen molar-refractivity contribution in [2.75, 3.05) is 0 Å². The van der Waals surface area contributed by atoms with E-state index in [1.165, 1.54) is 63.5 Å². The molecular formula is C15H30ClSi. The van der Waals surface area contributed by atoms with E-state index < -0.39 is 0 Å². The molecule has 0 fully saturated rings. The number of unbranched alkanes of at least 4 members (excludes halogenated alkanes) is 6. The second-order valence-corrected chi connectivity index (χ2v) is 8.81. The van der Waals surface area contributed by atoms with Crippen LogP contribution in [0.2, 0.25) is 18.6 Å². The molecule has 1 radical (unpaired) electrons. The highest BCUT2D eigenvalue weighted by molar-refractivity contribution is 6.57. The van der Waals surface area contributed by atoms with E-state index >= 15 is 0 Å². The van der Waals surface area contributed by atoms with Crippen LogP contribution >= 0.6 is 11.6 Å². The standard InChI is InChI=1S/C15H30ClSi/c1-4-13-17(3)14-11-9-7-5-6-8-10-12-15(2)16/h4,15H,1,5-14H2,2-3H3. The molecule has 0 aromatic carbocycles. The summed E-state index contributed by atoms with van der Waals surface area (Å²) in [7, 11) is -0.0836. The van der Waals surface area contributed by atoms with Gasteiger partial charge in [-0.1, -0.05) is 63.6 Å². The molecule has 0 spiro atoms. The molecule has 0 saturated heterocycles. The van der Waals surface area contributed by atoms with E-state index in [4.69, 9.17) is 11.6 Å². The molecule has 0 rings (SSSR count). The maximum atomic E-state index is 5.91. The molecule has 101 valence electrons. The van der Waals surface area contributed by atoms with E-state index in [1.807, 2.05) is 0 Å². The molecule has 0 aliphatic rings. The van der Waals surface area contributed by atoms with Gasteiger partial charge in [0, 0.05) is 14.2 Å². The van der Waals surface area contributed by atoms with Crippen LogP contribution in [0.5, 0.6) is 0 Å². The van der Waals surface area contributed by atoms with Crippen molar-refractivity contribution < 1.29 is 0 Å². The minimum Gasteiger partial charge on any atom is -0.123 e. The summed E-state index contributed by atoms with van der Waals surface area (Å²) in [6.45, 7) is 8.34. The number of alkyl halides is 1. The van der Waals surface area contributed by atoms with Crippen molar-refractivity contribution in [3.8, 4) is 0 Å². The fraction of sp³-hybridized carbons (Fsp3) is 0.867. The first-order chi connectivity index (χ1) is 8.16. The van der Waals surface area contributed by atoms with Gasteiger partial charge in [-0.25, -0.2) is 0 Å². The van der Waals surface area contributed by atoms with Crippen LogP contribution in [0.1, 0.15) is 58.3 Å². The molecule has 0 amide bonds. The van der Waals surface area contributed by atoms with E-state index in [0.717, 1.165) is 0 Å². The highest BCUT2D eigenvalue weighted by Crippen LogP contribution is 2.13. The Hall–Kier alpha value is 0.247. The first-order valence-electron chi connectivity index (χ1n) is 7.23. The van der Waals surface area contributed by atoms with Crippen LogP contribution in [0.4, 0.5) is 0 Å². The predicted molar refractivity (Wildman–Crippen MR) is 83.7 cm³/mol. The van der Waals surface area contributed by atoms with Crippen LogP contribution in [0.15, 0.2) is 12.7 Å². The van der Waals surface area contributed by atoms with Crippen LogP contribution in [0.25, 0.3) is 0 Å². The fourth-order valence-electron chi connectivity index (χ4n) is 2.08. The van der Waals surface area contributed by atoms with E-state index in [9.17, 15) is 0 Å². The smallest absolute Gasteiger partial charge is 0.0485 e. The van der Waals surface area contributed by atoms with E-state index in [0.29, 0.717) is 5.38 Å². The molecule has 0 heterocycles. The van der Waals surface area contributed by atoms with E-state index in [1.54, 1.807) is 0 Å². The second-order valence-electron chi connectivity index (χ2n) is 5.24. The molecule has 0 N–H and O–H groups in total. The van der Waals surface area contributed by atoms with Gasteiger partial charge in [-0.15, -0.1) is 18.2 Å². The number of hydrogen-bond acceptors (Lipinski definition) is 0. The van der Waals surface area contributed by atoms with Crippen LogP contribution in [0, 0.1) is 0 Å². The lowest BCUT2D eigenvalue weighted by molar-refractivity contribution is 0.573. The SMILES string of the molecule is C=CC[Si](C)CCCCCCCCCC(C)Cl. The maximum absolute atomic E-state index is 5.91. The van der Waals surface area contributed by atoms with Gasteiger partial charge < -0.3 is 0 Å². The molecule has 0 nitrogen and oxygen atoms in total. The van der Waals surface area contributed by atoms with Crippen molar-refractivity contribution >= 4 is 20.4 Å². The van der Waals surface area contributed by atoms with Crippen LogP contribution in [-0.2, 0) is 0 Å². The molecule has 2 heteroatoms. The third-order valence-electron chi connectivity index (χ3n) is 3.20. The van der Waals surface area contributed by atoms with Gasteiger partial charge in [0.25, 0.3) is 0 Å². The zero-order valence-corrected chi connectivity index (χ0v) is 13.6. The molecule has 1 unspecified atom stereocenters. The summed E-state index contributed by atoms with van der Waals surface area (Å²) in [6.07, 6.45) is 13.1. The number of rotatable bonds is 12. The number of allylic oxidation sites excluding steroid dienone is 1. The molecule has 0 saturated carbocycles. The zero-order chi connectivity index (χ0) is 12.9. The Bertz CT molecular complexity index is 168. The van der Waals surface area contributed by atoms with Crippen molar-refractivity contribution in [2.24, 2.45) is 0 Å². The van der Waals surface area contributed by atoms with Gasteiger partial charge in [-0.2, -0.15) is 0 Å². The molecule has 0 bridgehead atoms. The summed E-state index contributed by atoms with van der Waals surface area (Å²) in [5.41, 5.74) is 0. The van der Waals surface area contributed by atoms with Crippen molar-refractivity contribution in [3.63, 3.8) is 0 Å². The zero-order valence-electron chi connectivity index (χ0n) is 11.8. The van der Waals surface area contributed by atoms with Crippen molar-refractivity contribution in [1.29, 1.82) is 0 Å². The third-order valence-corrected chi connectivity index (χ3v) is 5.61. The monoisotopic (exact) mass is 273 g/mol. The average Bonchev–Trinajstić information content (AvgIpc) is 2.27. The summed E-state index contributed by atoms with van der Waals surface area (Å²) in [4.78, 5) is 0. The fourth-order valence-corrected chi connectivity index (χ4v) is 3.79.